The first kappa shape index (κ1) is 15.6. The van der Waals surface area contributed by atoms with E-state index in [-0.39, 0.29) is 17.7 Å². The van der Waals surface area contributed by atoms with Gasteiger partial charge in [0.2, 0.25) is 5.91 Å². The van der Waals surface area contributed by atoms with Crippen LogP contribution in [0, 0.1) is 5.41 Å². The first-order valence-corrected chi connectivity index (χ1v) is 7.25. The zero-order chi connectivity index (χ0) is 15.6. The molecule has 1 amide bonds. The number of ether oxygens (including phenoxy) is 1. The van der Waals surface area contributed by atoms with Crippen molar-refractivity contribution in [1.82, 2.24) is 4.90 Å². The Labute approximate surface area is 125 Å². The number of hydrogen-bond acceptors (Lipinski definition) is 4. The van der Waals surface area contributed by atoms with Crippen molar-refractivity contribution in [2.75, 3.05) is 14.2 Å². The third-order valence-electron chi connectivity index (χ3n) is 4.53. The average molecular weight is 292 g/mol. The van der Waals surface area contributed by atoms with Gasteiger partial charge in [-0.3, -0.25) is 4.79 Å². The predicted octanol–water partition coefficient (Wildman–Crippen LogP) is 1.88. The van der Waals surface area contributed by atoms with Gasteiger partial charge in [-0.25, -0.2) is 0 Å². The van der Waals surface area contributed by atoms with E-state index < -0.39 is 5.41 Å². The number of aromatic hydroxyl groups is 1. The van der Waals surface area contributed by atoms with Crippen LogP contribution in [0.25, 0.3) is 0 Å². The molecular weight excluding hydrogens is 268 g/mol. The smallest absolute Gasteiger partial charge is 0.230 e. The summed E-state index contributed by atoms with van der Waals surface area (Å²) < 4.78 is 5.09. The van der Waals surface area contributed by atoms with Gasteiger partial charge in [0.25, 0.3) is 0 Å². The van der Waals surface area contributed by atoms with Crippen LogP contribution in [0.1, 0.15) is 31.7 Å². The van der Waals surface area contributed by atoms with Crippen LogP contribution >= 0.6 is 0 Å². The maximum Gasteiger partial charge on any atom is 0.230 e. The fourth-order valence-electron chi connectivity index (χ4n) is 3.06. The second-order valence-corrected chi connectivity index (χ2v) is 6.08. The summed E-state index contributed by atoms with van der Waals surface area (Å²) in [7, 11) is 3.30. The Hall–Kier alpha value is -1.75. The third kappa shape index (κ3) is 2.97. The topological polar surface area (TPSA) is 75.8 Å². The van der Waals surface area contributed by atoms with E-state index in [1.54, 1.807) is 30.1 Å². The van der Waals surface area contributed by atoms with Crippen molar-refractivity contribution in [3.63, 3.8) is 0 Å². The van der Waals surface area contributed by atoms with Crippen LogP contribution in [0.2, 0.25) is 0 Å². The highest BCUT2D eigenvalue weighted by atomic mass is 16.5. The van der Waals surface area contributed by atoms with Gasteiger partial charge in [0, 0.05) is 19.6 Å². The molecule has 116 valence electrons. The largest absolute Gasteiger partial charge is 0.504 e. The molecule has 3 N–H and O–H groups in total. The second kappa shape index (κ2) is 5.93. The van der Waals surface area contributed by atoms with E-state index in [1.165, 1.54) is 7.11 Å². The summed E-state index contributed by atoms with van der Waals surface area (Å²) in [6.45, 7) is 2.43. The lowest BCUT2D eigenvalue weighted by molar-refractivity contribution is -0.140. The predicted molar refractivity (Wildman–Crippen MR) is 81.1 cm³/mol. The summed E-state index contributed by atoms with van der Waals surface area (Å²) in [6.07, 6.45) is 2.75. The van der Waals surface area contributed by atoms with E-state index in [0.29, 0.717) is 12.3 Å². The molecule has 0 radical (unpaired) electrons. The van der Waals surface area contributed by atoms with Crippen molar-refractivity contribution in [2.45, 2.75) is 38.8 Å². The number of carbonyl (C=O) groups is 1. The van der Waals surface area contributed by atoms with E-state index in [2.05, 4.69) is 0 Å². The molecule has 21 heavy (non-hydrogen) atoms. The first-order valence-electron chi connectivity index (χ1n) is 7.25. The molecule has 0 heterocycles. The Morgan fingerprint density at radius 2 is 2.29 bits per heavy atom. The molecule has 2 atom stereocenters. The van der Waals surface area contributed by atoms with Gasteiger partial charge in [0.1, 0.15) is 0 Å². The summed E-state index contributed by atoms with van der Waals surface area (Å²) in [5, 5.41) is 9.60. The number of benzene rings is 1. The van der Waals surface area contributed by atoms with Crippen LogP contribution in [-0.2, 0) is 11.3 Å². The Balaban J connectivity index is 2.11. The zero-order valence-corrected chi connectivity index (χ0v) is 12.9. The SMILES string of the molecule is COc1cc(CN(C)C(=O)C2(C)CCCC2N)ccc1O. The summed E-state index contributed by atoms with van der Waals surface area (Å²) in [5.41, 5.74) is 6.56. The fraction of sp³-hybridized carbons (Fsp3) is 0.562. The van der Waals surface area contributed by atoms with Crippen LogP contribution in [0.5, 0.6) is 11.5 Å². The Kier molecular flexibility index (Phi) is 4.42. The molecule has 1 fully saturated rings. The maximum atomic E-state index is 12.7. The van der Waals surface area contributed by atoms with Gasteiger partial charge in [-0.15, -0.1) is 0 Å². The van der Waals surface area contributed by atoms with Gasteiger partial charge >= 0.3 is 0 Å². The lowest BCUT2D eigenvalue weighted by Gasteiger charge is -2.32. The Bertz CT molecular complexity index is 532. The first-order chi connectivity index (χ1) is 9.88. The minimum Gasteiger partial charge on any atom is -0.504 e. The van der Waals surface area contributed by atoms with Crippen molar-refractivity contribution in [3.8, 4) is 11.5 Å². The number of rotatable bonds is 4. The van der Waals surface area contributed by atoms with Crippen LogP contribution < -0.4 is 10.5 Å². The number of nitrogens with zero attached hydrogens (tertiary/aromatic N) is 1. The molecule has 0 bridgehead atoms. The van der Waals surface area contributed by atoms with Crippen LogP contribution in [0.4, 0.5) is 0 Å². The number of phenols is 1. The van der Waals surface area contributed by atoms with E-state index in [0.717, 1.165) is 24.8 Å². The fourth-order valence-corrected chi connectivity index (χ4v) is 3.06. The highest BCUT2D eigenvalue weighted by Crippen LogP contribution is 2.38. The molecule has 0 spiro atoms. The number of amides is 1. The third-order valence-corrected chi connectivity index (χ3v) is 4.53. The van der Waals surface area contributed by atoms with Gasteiger partial charge in [-0.1, -0.05) is 12.5 Å². The molecule has 0 aliphatic heterocycles. The van der Waals surface area contributed by atoms with Gasteiger partial charge in [-0.2, -0.15) is 0 Å². The zero-order valence-electron chi connectivity index (χ0n) is 12.9. The summed E-state index contributed by atoms with van der Waals surface area (Å²) >= 11 is 0. The van der Waals surface area contributed by atoms with E-state index in [4.69, 9.17) is 10.5 Å². The summed E-state index contributed by atoms with van der Waals surface area (Å²) in [4.78, 5) is 14.4. The van der Waals surface area contributed by atoms with Gasteiger partial charge in [0.05, 0.1) is 12.5 Å². The van der Waals surface area contributed by atoms with Crippen molar-refractivity contribution in [3.05, 3.63) is 23.8 Å². The number of phenolic OH excluding ortho intramolecular Hbond substituents is 1. The molecule has 1 aliphatic rings. The highest BCUT2D eigenvalue weighted by molar-refractivity contribution is 5.83. The summed E-state index contributed by atoms with van der Waals surface area (Å²) in [6, 6.07) is 5.05. The van der Waals surface area contributed by atoms with Crippen molar-refractivity contribution >= 4 is 5.91 Å². The monoisotopic (exact) mass is 292 g/mol. The minimum absolute atomic E-state index is 0.0678. The van der Waals surface area contributed by atoms with Gasteiger partial charge in [0.15, 0.2) is 11.5 Å². The van der Waals surface area contributed by atoms with Crippen molar-refractivity contribution in [1.29, 1.82) is 0 Å². The van der Waals surface area contributed by atoms with E-state index in [1.807, 2.05) is 6.92 Å². The summed E-state index contributed by atoms with van der Waals surface area (Å²) in [5.74, 6) is 0.594. The lowest BCUT2D eigenvalue weighted by Crippen LogP contribution is -2.47. The van der Waals surface area contributed by atoms with Crippen LogP contribution in [0.3, 0.4) is 0 Å². The standard InChI is InChI=1S/C16H24N2O3/c1-16(8-4-5-14(16)17)15(20)18(2)10-11-6-7-12(19)13(9-11)21-3/h6-7,9,14,19H,4-5,8,10,17H2,1-3H3. The van der Waals surface area contributed by atoms with Crippen LogP contribution in [0.15, 0.2) is 18.2 Å². The van der Waals surface area contributed by atoms with Gasteiger partial charge in [-0.05, 0) is 37.5 Å². The molecule has 1 aliphatic carbocycles. The molecule has 2 rings (SSSR count). The number of carbonyl (C=O) groups excluding carboxylic acids is 1. The Morgan fingerprint density at radius 1 is 1.57 bits per heavy atom. The quantitative estimate of drug-likeness (QED) is 0.888. The molecule has 2 unspecified atom stereocenters. The average Bonchev–Trinajstić information content (AvgIpc) is 2.81. The Morgan fingerprint density at radius 3 is 2.86 bits per heavy atom. The van der Waals surface area contributed by atoms with Crippen molar-refractivity contribution < 1.29 is 14.6 Å². The van der Waals surface area contributed by atoms with Gasteiger partial charge < -0.3 is 20.5 Å². The number of hydrogen-bond donors (Lipinski definition) is 2. The molecule has 1 aromatic rings. The molecule has 1 aromatic carbocycles. The lowest BCUT2D eigenvalue weighted by atomic mass is 9.83. The van der Waals surface area contributed by atoms with E-state index >= 15 is 0 Å². The molecule has 5 nitrogen and oxygen atoms in total. The molecule has 0 aromatic heterocycles. The van der Waals surface area contributed by atoms with Crippen LogP contribution in [-0.4, -0.2) is 36.1 Å². The number of methoxy groups -OCH3 is 1. The van der Waals surface area contributed by atoms with E-state index in [9.17, 15) is 9.90 Å². The molecule has 1 saturated carbocycles. The second-order valence-electron chi connectivity index (χ2n) is 6.08. The molecular formula is C16H24N2O3. The molecule has 5 heteroatoms. The van der Waals surface area contributed by atoms with Crippen molar-refractivity contribution in [2.24, 2.45) is 11.1 Å². The number of nitrogens with two attached hydrogens (primary N) is 1. The minimum atomic E-state index is -0.463. The maximum absolute atomic E-state index is 12.7. The molecule has 0 saturated heterocycles. The normalized spacial score (nSPS) is 24.9. The highest BCUT2D eigenvalue weighted by Gasteiger charge is 2.44.